The summed E-state index contributed by atoms with van der Waals surface area (Å²) in [4.78, 5) is 59.0. The van der Waals surface area contributed by atoms with Gasteiger partial charge in [0.2, 0.25) is 11.8 Å². The van der Waals surface area contributed by atoms with Crippen LogP contribution in [0, 0.1) is 35.5 Å². The third-order valence-corrected chi connectivity index (χ3v) is 11.9. The highest BCUT2D eigenvalue weighted by Gasteiger charge is 2.43. The monoisotopic (exact) mass is 714 g/mol. The summed E-state index contributed by atoms with van der Waals surface area (Å²) >= 11 is 0. The van der Waals surface area contributed by atoms with Crippen LogP contribution in [0.2, 0.25) is 0 Å². The molecular formula is C42H71N3O6. The molecule has 1 fully saturated rings. The Bertz CT molecular complexity index is 1240. The van der Waals surface area contributed by atoms with Gasteiger partial charge >= 0.3 is 0 Å². The van der Waals surface area contributed by atoms with E-state index in [-0.39, 0.29) is 89.9 Å². The first-order valence-electron chi connectivity index (χ1n) is 19.4. The molecular weight excluding hydrogens is 642 g/mol. The van der Waals surface area contributed by atoms with Crippen LogP contribution in [-0.4, -0.2) is 98.4 Å². The zero-order chi connectivity index (χ0) is 38.6. The van der Waals surface area contributed by atoms with Gasteiger partial charge < -0.3 is 24.6 Å². The van der Waals surface area contributed by atoms with Crippen molar-refractivity contribution in [1.29, 1.82) is 0 Å². The van der Waals surface area contributed by atoms with Crippen molar-refractivity contribution >= 4 is 23.4 Å². The minimum absolute atomic E-state index is 0.0344. The zero-order valence-corrected chi connectivity index (χ0v) is 34.1. The SMILES string of the molecule is CCC(C)[C@@H]([C@@H](CC(=O)N1CCC[C@H]1[C@H](OC)[C@@H](C)C(=O)C[C@H](C)[C@@H](C)c1ccccc1)OC)N(C)C(=O)[C@@H](CC(=O)[C@@H](NC)C(C)C)C(C)C. The van der Waals surface area contributed by atoms with Crippen LogP contribution < -0.4 is 5.32 Å². The summed E-state index contributed by atoms with van der Waals surface area (Å²) in [5.41, 5.74) is 1.22. The van der Waals surface area contributed by atoms with E-state index in [4.69, 9.17) is 9.47 Å². The van der Waals surface area contributed by atoms with Crippen LogP contribution in [0.25, 0.3) is 0 Å². The first-order chi connectivity index (χ1) is 24.0. The van der Waals surface area contributed by atoms with Crippen molar-refractivity contribution in [3.63, 3.8) is 0 Å². The highest BCUT2D eigenvalue weighted by atomic mass is 16.5. The van der Waals surface area contributed by atoms with E-state index in [1.54, 1.807) is 33.2 Å². The molecule has 2 rings (SSSR count). The maximum atomic E-state index is 14.2. The molecule has 0 bridgehead atoms. The summed E-state index contributed by atoms with van der Waals surface area (Å²) in [6.07, 6.45) is 2.11. The maximum absolute atomic E-state index is 14.2. The number of ether oxygens (including phenoxy) is 2. The molecule has 51 heavy (non-hydrogen) atoms. The van der Waals surface area contributed by atoms with Crippen molar-refractivity contribution in [3.05, 3.63) is 35.9 Å². The Morgan fingerprint density at radius 2 is 1.49 bits per heavy atom. The van der Waals surface area contributed by atoms with E-state index < -0.39 is 18.1 Å². The maximum Gasteiger partial charge on any atom is 0.226 e. The van der Waals surface area contributed by atoms with Gasteiger partial charge in [-0.1, -0.05) is 99.1 Å². The van der Waals surface area contributed by atoms with Crippen molar-refractivity contribution in [2.75, 3.05) is 34.9 Å². The van der Waals surface area contributed by atoms with Crippen molar-refractivity contribution in [3.8, 4) is 0 Å². The van der Waals surface area contributed by atoms with Crippen molar-refractivity contribution < 1.29 is 28.7 Å². The van der Waals surface area contributed by atoms with Crippen LogP contribution >= 0.6 is 0 Å². The van der Waals surface area contributed by atoms with E-state index in [0.717, 1.165) is 19.3 Å². The molecule has 1 unspecified atom stereocenters. The van der Waals surface area contributed by atoms with Crippen molar-refractivity contribution in [2.24, 2.45) is 35.5 Å². The molecule has 1 aliphatic rings. The molecule has 0 radical (unpaired) electrons. The third kappa shape index (κ3) is 11.7. The fourth-order valence-corrected chi connectivity index (χ4v) is 8.18. The molecule has 1 heterocycles. The minimum atomic E-state index is -0.549. The summed E-state index contributed by atoms with van der Waals surface area (Å²) in [5.74, 6) is -0.322. The van der Waals surface area contributed by atoms with Crippen LogP contribution in [0.3, 0.4) is 0 Å². The molecule has 2 amide bonds. The highest BCUT2D eigenvalue weighted by Crippen LogP contribution is 2.33. The molecule has 0 spiro atoms. The van der Waals surface area contributed by atoms with E-state index in [0.29, 0.717) is 13.0 Å². The number of benzene rings is 1. The second-order valence-corrected chi connectivity index (χ2v) is 16.0. The highest BCUT2D eigenvalue weighted by molar-refractivity contribution is 5.90. The minimum Gasteiger partial charge on any atom is -0.379 e. The smallest absolute Gasteiger partial charge is 0.226 e. The largest absolute Gasteiger partial charge is 0.379 e. The van der Waals surface area contributed by atoms with Gasteiger partial charge in [0.1, 0.15) is 5.78 Å². The molecule has 1 aromatic rings. The van der Waals surface area contributed by atoms with Gasteiger partial charge in [-0.2, -0.15) is 0 Å². The number of nitrogens with zero attached hydrogens (tertiary/aromatic N) is 2. The molecule has 0 aliphatic carbocycles. The lowest BCUT2D eigenvalue weighted by Crippen LogP contribution is -2.54. The second-order valence-electron chi connectivity index (χ2n) is 16.0. The summed E-state index contributed by atoms with van der Waals surface area (Å²) in [7, 11) is 6.82. The first-order valence-corrected chi connectivity index (χ1v) is 19.4. The predicted octanol–water partition coefficient (Wildman–Crippen LogP) is 6.78. The van der Waals surface area contributed by atoms with Crippen molar-refractivity contribution in [1.82, 2.24) is 15.1 Å². The Hall–Kier alpha value is -2.62. The van der Waals surface area contributed by atoms with Crippen LogP contribution in [0.4, 0.5) is 0 Å². The van der Waals surface area contributed by atoms with E-state index in [1.807, 2.05) is 57.7 Å². The number of carbonyl (C=O) groups is 4. The molecule has 9 nitrogen and oxygen atoms in total. The number of ketones is 2. The lowest BCUT2D eigenvalue weighted by atomic mass is 9.81. The number of nitrogens with one attached hydrogen (secondary N) is 1. The summed E-state index contributed by atoms with van der Waals surface area (Å²) in [6.45, 7) is 19.0. The Morgan fingerprint density at radius 1 is 0.863 bits per heavy atom. The topological polar surface area (TPSA) is 105 Å². The number of amides is 2. The van der Waals surface area contributed by atoms with E-state index >= 15 is 0 Å². The molecule has 290 valence electrons. The van der Waals surface area contributed by atoms with E-state index in [2.05, 4.69) is 45.1 Å². The second kappa shape index (κ2) is 21.2. The number of hydrogen-bond donors (Lipinski definition) is 1. The summed E-state index contributed by atoms with van der Waals surface area (Å²) in [5, 5.41) is 3.12. The van der Waals surface area contributed by atoms with Gasteiger partial charge in [0.05, 0.1) is 36.8 Å². The first kappa shape index (κ1) is 44.5. The number of carbonyl (C=O) groups excluding carboxylic acids is 4. The van der Waals surface area contributed by atoms with E-state index in [1.165, 1.54) is 5.56 Å². The Balaban J connectivity index is 2.24. The number of likely N-dealkylation sites (tertiary alicyclic amines) is 1. The molecule has 1 aliphatic heterocycles. The Labute approximate surface area is 310 Å². The molecule has 1 saturated heterocycles. The van der Waals surface area contributed by atoms with E-state index in [9.17, 15) is 19.2 Å². The predicted molar refractivity (Wildman–Crippen MR) is 205 cm³/mol. The fraction of sp³-hybridized carbons (Fsp3) is 0.762. The third-order valence-electron chi connectivity index (χ3n) is 11.9. The number of hydrogen-bond acceptors (Lipinski definition) is 7. The van der Waals surface area contributed by atoms with Crippen LogP contribution in [0.15, 0.2) is 30.3 Å². The Kier molecular flexibility index (Phi) is 18.5. The molecule has 1 aromatic carbocycles. The van der Waals surface area contributed by atoms with Gasteiger partial charge in [-0.3, -0.25) is 19.2 Å². The molecule has 1 N–H and O–H groups in total. The molecule has 0 aromatic heterocycles. The van der Waals surface area contributed by atoms with Gasteiger partial charge in [0.25, 0.3) is 0 Å². The molecule has 10 atom stereocenters. The van der Waals surface area contributed by atoms with Crippen LogP contribution in [0.5, 0.6) is 0 Å². The van der Waals surface area contributed by atoms with Crippen LogP contribution in [-0.2, 0) is 28.7 Å². The van der Waals surface area contributed by atoms with Crippen molar-refractivity contribution in [2.45, 2.75) is 137 Å². The van der Waals surface area contributed by atoms with Crippen LogP contribution in [0.1, 0.15) is 112 Å². The Morgan fingerprint density at radius 3 is 2.00 bits per heavy atom. The lowest BCUT2D eigenvalue weighted by Gasteiger charge is -2.41. The van der Waals surface area contributed by atoms with Gasteiger partial charge in [-0.15, -0.1) is 0 Å². The summed E-state index contributed by atoms with van der Waals surface area (Å²) < 4.78 is 12.1. The quantitative estimate of drug-likeness (QED) is 0.141. The zero-order valence-electron chi connectivity index (χ0n) is 34.1. The molecule has 0 saturated carbocycles. The average molecular weight is 714 g/mol. The number of Topliss-reactive ketones (excluding diaryl/α,β-unsaturated/α-hetero) is 2. The average Bonchev–Trinajstić information content (AvgIpc) is 3.59. The fourth-order valence-electron chi connectivity index (χ4n) is 8.18. The van der Waals surface area contributed by atoms with Gasteiger partial charge in [-0.25, -0.2) is 0 Å². The van der Waals surface area contributed by atoms with Gasteiger partial charge in [0, 0.05) is 52.5 Å². The number of likely N-dealkylation sites (N-methyl/N-ethyl adjacent to an activating group) is 2. The van der Waals surface area contributed by atoms with Gasteiger partial charge in [0.15, 0.2) is 5.78 Å². The van der Waals surface area contributed by atoms with Gasteiger partial charge in [-0.05, 0) is 55.0 Å². The lowest BCUT2D eigenvalue weighted by molar-refractivity contribution is -0.149. The normalized spacial score (nSPS) is 20.3. The summed E-state index contributed by atoms with van der Waals surface area (Å²) in [6, 6.07) is 9.38. The standard InChI is InChI=1S/C42H71N3O6/c1-14-28(6)40(44(11)42(49)33(26(2)3)24-36(47)39(43-10)27(4)5)37(50-12)25-38(48)45-22-18-21-34(45)41(51-13)31(9)35(46)23-29(7)30(8)32-19-16-15-17-20-32/h15-17,19-20,26-31,33-34,37,39-41,43H,14,18,21-25H2,1-13H3/t28?,29-,30+,31-,33-,34-,37+,39-,40-,41+/m0/s1. The number of rotatable bonds is 22. The molecule has 9 heteroatoms. The number of methoxy groups -OCH3 is 2.